The summed E-state index contributed by atoms with van der Waals surface area (Å²) >= 11 is 0. The molecule has 2 heterocycles. The van der Waals surface area contributed by atoms with Crippen LogP contribution in [0.4, 0.5) is 0 Å². The summed E-state index contributed by atoms with van der Waals surface area (Å²) < 4.78 is 2.44. The SMILES string of the molecule is c1ccc(-n2c3ccccc3c3c4c5cc6ccccc6cc5[nH]c4c4ccccc4c32)cc1. The molecule has 8 aromatic rings. The molecule has 0 radical (unpaired) electrons. The minimum Gasteiger partial charge on any atom is -0.354 e. The minimum absolute atomic E-state index is 1.18. The minimum atomic E-state index is 1.18. The highest BCUT2D eigenvalue weighted by molar-refractivity contribution is 6.37. The Morgan fingerprint density at radius 1 is 0.500 bits per heavy atom. The zero-order valence-corrected chi connectivity index (χ0v) is 18.4. The molecule has 0 atom stereocenters. The first-order valence-electron chi connectivity index (χ1n) is 11.7. The molecule has 2 nitrogen and oxygen atoms in total. The molecule has 0 spiro atoms. The third-order valence-corrected chi connectivity index (χ3v) is 7.26. The number of hydrogen-bond acceptors (Lipinski definition) is 0. The molecule has 0 aliphatic heterocycles. The third-order valence-electron chi connectivity index (χ3n) is 7.26. The van der Waals surface area contributed by atoms with Crippen LogP contribution < -0.4 is 0 Å². The van der Waals surface area contributed by atoms with E-state index in [-0.39, 0.29) is 0 Å². The molecule has 0 saturated heterocycles. The maximum atomic E-state index is 3.81. The smallest absolute Gasteiger partial charge is 0.0627 e. The molecular weight excluding hydrogens is 412 g/mol. The van der Waals surface area contributed by atoms with Gasteiger partial charge in [0.05, 0.1) is 16.6 Å². The van der Waals surface area contributed by atoms with E-state index in [1.807, 2.05) is 0 Å². The largest absolute Gasteiger partial charge is 0.354 e. The highest BCUT2D eigenvalue weighted by Crippen LogP contribution is 2.45. The molecule has 6 aromatic carbocycles. The van der Waals surface area contributed by atoms with Crippen LogP contribution in [0, 0.1) is 0 Å². The number of para-hydroxylation sites is 2. The van der Waals surface area contributed by atoms with Crippen LogP contribution in [-0.2, 0) is 0 Å². The Morgan fingerprint density at radius 3 is 1.97 bits per heavy atom. The molecule has 8 rings (SSSR count). The fraction of sp³-hybridized carbons (Fsp3) is 0. The molecule has 2 aromatic heterocycles. The Labute approximate surface area is 195 Å². The van der Waals surface area contributed by atoms with Crippen molar-refractivity contribution in [2.45, 2.75) is 0 Å². The number of rotatable bonds is 1. The summed E-state index contributed by atoms with van der Waals surface area (Å²) in [5.74, 6) is 0. The first kappa shape index (κ1) is 17.9. The Kier molecular flexibility index (Phi) is 3.42. The number of nitrogens with zero attached hydrogens (tertiary/aromatic N) is 1. The van der Waals surface area contributed by atoms with E-state index in [1.54, 1.807) is 0 Å². The highest BCUT2D eigenvalue weighted by atomic mass is 15.0. The van der Waals surface area contributed by atoms with Gasteiger partial charge in [-0.1, -0.05) is 84.9 Å². The Morgan fingerprint density at radius 2 is 1.15 bits per heavy atom. The van der Waals surface area contributed by atoms with Crippen molar-refractivity contribution in [3.05, 3.63) is 115 Å². The van der Waals surface area contributed by atoms with Crippen LogP contribution in [-0.4, -0.2) is 9.55 Å². The van der Waals surface area contributed by atoms with Crippen LogP contribution in [0.15, 0.2) is 115 Å². The zero-order valence-electron chi connectivity index (χ0n) is 18.4. The number of aromatic nitrogens is 2. The topological polar surface area (TPSA) is 20.7 Å². The standard InChI is InChI=1S/C32H20N2/c1-2-12-22(13-3-1)34-28-17-9-8-16-25(28)30-29-26-18-20-10-4-5-11-21(20)19-27(26)33-31(29)23-14-6-7-15-24(23)32(30)34/h1-19,33H. The van der Waals surface area contributed by atoms with Crippen LogP contribution in [0.25, 0.3) is 70.8 Å². The van der Waals surface area contributed by atoms with E-state index in [1.165, 1.54) is 70.8 Å². The van der Waals surface area contributed by atoms with Gasteiger partial charge in [-0.05, 0) is 41.1 Å². The second-order valence-electron chi connectivity index (χ2n) is 9.08. The number of hydrogen-bond donors (Lipinski definition) is 1. The van der Waals surface area contributed by atoms with Crippen molar-refractivity contribution < 1.29 is 0 Å². The summed E-state index contributed by atoms with van der Waals surface area (Å²) in [5, 5.41) is 10.2. The summed E-state index contributed by atoms with van der Waals surface area (Å²) in [6.07, 6.45) is 0. The van der Waals surface area contributed by atoms with Gasteiger partial charge >= 0.3 is 0 Å². The third kappa shape index (κ3) is 2.24. The molecule has 2 heteroatoms. The van der Waals surface area contributed by atoms with E-state index >= 15 is 0 Å². The van der Waals surface area contributed by atoms with Gasteiger partial charge in [-0.2, -0.15) is 0 Å². The second-order valence-corrected chi connectivity index (χ2v) is 9.08. The quantitative estimate of drug-likeness (QED) is 0.268. The second kappa shape index (κ2) is 6.49. The average Bonchev–Trinajstić information content (AvgIpc) is 3.44. The monoisotopic (exact) mass is 432 g/mol. The molecule has 0 amide bonds. The lowest BCUT2D eigenvalue weighted by Gasteiger charge is -2.10. The summed E-state index contributed by atoms with van der Waals surface area (Å²) in [4.78, 5) is 3.81. The van der Waals surface area contributed by atoms with Crippen molar-refractivity contribution in [1.29, 1.82) is 0 Å². The lowest BCUT2D eigenvalue weighted by molar-refractivity contribution is 1.19. The van der Waals surface area contributed by atoms with Crippen LogP contribution in [0.1, 0.15) is 0 Å². The van der Waals surface area contributed by atoms with E-state index in [2.05, 4.69) is 125 Å². The number of benzene rings is 6. The molecule has 0 aliphatic carbocycles. The molecule has 0 saturated carbocycles. The van der Waals surface area contributed by atoms with E-state index in [9.17, 15) is 0 Å². The predicted molar refractivity (Wildman–Crippen MR) is 145 cm³/mol. The molecule has 34 heavy (non-hydrogen) atoms. The maximum Gasteiger partial charge on any atom is 0.0627 e. The lowest BCUT2D eigenvalue weighted by atomic mass is 9.98. The van der Waals surface area contributed by atoms with Gasteiger partial charge < -0.3 is 9.55 Å². The van der Waals surface area contributed by atoms with Crippen molar-refractivity contribution in [3.8, 4) is 5.69 Å². The van der Waals surface area contributed by atoms with Crippen LogP contribution in [0.5, 0.6) is 0 Å². The maximum absolute atomic E-state index is 3.81. The van der Waals surface area contributed by atoms with E-state index in [0.717, 1.165) is 0 Å². The van der Waals surface area contributed by atoms with E-state index in [4.69, 9.17) is 0 Å². The highest BCUT2D eigenvalue weighted by Gasteiger charge is 2.21. The van der Waals surface area contributed by atoms with Crippen LogP contribution >= 0.6 is 0 Å². The summed E-state index contributed by atoms with van der Waals surface area (Å²) in [7, 11) is 0. The van der Waals surface area contributed by atoms with Gasteiger partial charge in [0.1, 0.15) is 0 Å². The van der Waals surface area contributed by atoms with Crippen molar-refractivity contribution >= 4 is 65.2 Å². The average molecular weight is 433 g/mol. The molecule has 0 aliphatic rings. The Bertz CT molecular complexity index is 2060. The molecule has 0 unspecified atom stereocenters. The fourth-order valence-electron chi connectivity index (χ4n) is 5.84. The van der Waals surface area contributed by atoms with Gasteiger partial charge in [0.15, 0.2) is 0 Å². The van der Waals surface area contributed by atoms with Gasteiger partial charge in [0.25, 0.3) is 0 Å². The van der Waals surface area contributed by atoms with Crippen molar-refractivity contribution in [2.24, 2.45) is 0 Å². The first-order valence-corrected chi connectivity index (χ1v) is 11.7. The zero-order chi connectivity index (χ0) is 22.2. The summed E-state index contributed by atoms with van der Waals surface area (Å²) in [6.45, 7) is 0. The predicted octanol–water partition coefficient (Wildman–Crippen LogP) is 8.72. The van der Waals surface area contributed by atoms with Gasteiger partial charge in [0.2, 0.25) is 0 Å². The van der Waals surface area contributed by atoms with Gasteiger partial charge in [-0.25, -0.2) is 0 Å². The number of aromatic amines is 1. The molecule has 158 valence electrons. The van der Waals surface area contributed by atoms with E-state index < -0.39 is 0 Å². The first-order chi connectivity index (χ1) is 16.9. The normalized spacial score (nSPS) is 12.1. The number of H-pyrrole nitrogens is 1. The Hall–Kier alpha value is -4.56. The Balaban J connectivity index is 1.73. The number of nitrogens with one attached hydrogen (secondary N) is 1. The van der Waals surface area contributed by atoms with E-state index in [0.29, 0.717) is 0 Å². The number of fused-ring (bicyclic) bond motifs is 11. The molecule has 0 fully saturated rings. The lowest BCUT2D eigenvalue weighted by Crippen LogP contribution is -1.94. The molecule has 1 N–H and O–H groups in total. The molecule has 0 bridgehead atoms. The van der Waals surface area contributed by atoms with Gasteiger partial charge in [0, 0.05) is 43.5 Å². The fourth-order valence-corrected chi connectivity index (χ4v) is 5.84. The van der Waals surface area contributed by atoms with Crippen LogP contribution in [0.3, 0.4) is 0 Å². The van der Waals surface area contributed by atoms with Crippen molar-refractivity contribution in [1.82, 2.24) is 9.55 Å². The van der Waals surface area contributed by atoms with Crippen molar-refractivity contribution in [2.75, 3.05) is 0 Å². The van der Waals surface area contributed by atoms with Gasteiger partial charge in [-0.15, -0.1) is 0 Å². The van der Waals surface area contributed by atoms with Gasteiger partial charge in [-0.3, -0.25) is 0 Å². The molecular formula is C32H20N2. The summed E-state index contributed by atoms with van der Waals surface area (Å²) in [5.41, 5.74) is 6.08. The summed E-state index contributed by atoms with van der Waals surface area (Å²) in [6, 6.07) is 41.6. The van der Waals surface area contributed by atoms with Crippen molar-refractivity contribution in [3.63, 3.8) is 0 Å². The van der Waals surface area contributed by atoms with Crippen LogP contribution in [0.2, 0.25) is 0 Å².